The minimum atomic E-state index is -1.35. The number of ether oxygens (including phenoxy) is 2. The van der Waals surface area contributed by atoms with Gasteiger partial charge >= 0.3 is 17.9 Å². The van der Waals surface area contributed by atoms with Crippen molar-refractivity contribution >= 4 is 41.4 Å². The first-order valence-corrected chi connectivity index (χ1v) is 7.19. The summed E-state index contributed by atoms with van der Waals surface area (Å²) in [5, 5.41) is 8.90. The van der Waals surface area contributed by atoms with Gasteiger partial charge in [0.2, 0.25) is 0 Å². The van der Waals surface area contributed by atoms with Crippen LogP contribution in [0, 0.1) is 5.92 Å². The average Bonchev–Trinajstić information content (AvgIpc) is 2.49. The van der Waals surface area contributed by atoms with Gasteiger partial charge in [-0.2, -0.15) is 0 Å². The van der Waals surface area contributed by atoms with E-state index in [-0.39, 0.29) is 29.5 Å². The highest BCUT2D eigenvalue weighted by molar-refractivity contribution is 6.36. The summed E-state index contributed by atoms with van der Waals surface area (Å²) >= 11 is 5.94. The third-order valence-corrected chi connectivity index (χ3v) is 3.05. The molecule has 0 amide bonds. The van der Waals surface area contributed by atoms with Crippen molar-refractivity contribution in [1.82, 2.24) is 0 Å². The molecule has 0 saturated heterocycles. The maximum atomic E-state index is 11.8. The molecule has 1 aromatic carbocycles. The van der Waals surface area contributed by atoms with Crippen molar-refractivity contribution in [3.05, 3.63) is 28.8 Å². The number of carboxylic acid groups (broad SMARTS) is 1. The molecule has 0 fully saturated rings. The predicted molar refractivity (Wildman–Crippen MR) is 83.3 cm³/mol. The Balaban J connectivity index is 3.10. The van der Waals surface area contributed by atoms with Crippen LogP contribution in [0.5, 0.6) is 0 Å². The van der Waals surface area contributed by atoms with Gasteiger partial charge in [0.1, 0.15) is 0 Å². The van der Waals surface area contributed by atoms with Crippen molar-refractivity contribution in [2.24, 2.45) is 10.9 Å². The Morgan fingerprint density at radius 1 is 1.22 bits per heavy atom. The molecule has 8 heteroatoms. The van der Waals surface area contributed by atoms with Crippen LogP contribution in [0.15, 0.2) is 23.2 Å². The average molecular weight is 342 g/mol. The second kappa shape index (κ2) is 8.89. The molecular formula is C15H16ClNO6. The molecule has 0 spiro atoms. The summed E-state index contributed by atoms with van der Waals surface area (Å²) in [7, 11) is 0. The number of rotatable bonds is 7. The van der Waals surface area contributed by atoms with E-state index in [1.165, 1.54) is 18.2 Å². The van der Waals surface area contributed by atoms with Gasteiger partial charge in [-0.1, -0.05) is 17.7 Å². The highest BCUT2D eigenvalue weighted by Gasteiger charge is 2.27. The molecule has 124 valence electrons. The summed E-state index contributed by atoms with van der Waals surface area (Å²) in [5.74, 6) is -4.17. The maximum absolute atomic E-state index is 11.8. The Morgan fingerprint density at radius 3 is 2.26 bits per heavy atom. The van der Waals surface area contributed by atoms with Gasteiger partial charge in [0, 0.05) is 6.21 Å². The number of hydrogen-bond acceptors (Lipinski definition) is 6. The molecule has 1 aromatic rings. The standard InChI is InChI=1S/C15H16ClNO6/c1-3-22-14(20)10(15(21)23-4-2)8-17-11-7-5-6-9(12(11)16)13(18)19/h5-8,10H,3-4H2,1-2H3,(H,18,19). The molecule has 0 unspecified atom stereocenters. The molecule has 0 atom stereocenters. The Morgan fingerprint density at radius 2 is 1.78 bits per heavy atom. The van der Waals surface area contributed by atoms with Crippen LogP contribution in [0.1, 0.15) is 24.2 Å². The van der Waals surface area contributed by atoms with Crippen molar-refractivity contribution in [3.63, 3.8) is 0 Å². The fourth-order valence-electron chi connectivity index (χ4n) is 1.62. The molecule has 0 aliphatic rings. The molecule has 0 radical (unpaired) electrons. The second-order valence-corrected chi connectivity index (χ2v) is 4.58. The van der Waals surface area contributed by atoms with Gasteiger partial charge < -0.3 is 14.6 Å². The van der Waals surface area contributed by atoms with Crippen molar-refractivity contribution in [1.29, 1.82) is 0 Å². The minimum Gasteiger partial charge on any atom is -0.478 e. The molecule has 0 heterocycles. The van der Waals surface area contributed by atoms with Gasteiger partial charge in [0.05, 0.1) is 29.5 Å². The van der Waals surface area contributed by atoms with Crippen LogP contribution in [-0.2, 0) is 19.1 Å². The van der Waals surface area contributed by atoms with Gasteiger partial charge in [-0.25, -0.2) is 4.79 Å². The Hall–Kier alpha value is -2.41. The molecule has 0 aromatic heterocycles. The summed E-state index contributed by atoms with van der Waals surface area (Å²) < 4.78 is 9.59. The molecule has 23 heavy (non-hydrogen) atoms. The summed E-state index contributed by atoms with van der Waals surface area (Å²) in [4.78, 5) is 38.5. The van der Waals surface area contributed by atoms with E-state index in [0.717, 1.165) is 6.21 Å². The fourth-order valence-corrected chi connectivity index (χ4v) is 1.88. The largest absolute Gasteiger partial charge is 0.478 e. The monoisotopic (exact) mass is 341 g/mol. The number of carbonyl (C=O) groups excluding carboxylic acids is 2. The van der Waals surface area contributed by atoms with Gasteiger partial charge in [0.25, 0.3) is 0 Å². The van der Waals surface area contributed by atoms with Crippen LogP contribution in [0.25, 0.3) is 0 Å². The van der Waals surface area contributed by atoms with Crippen molar-refractivity contribution in [2.45, 2.75) is 13.8 Å². The summed E-state index contributed by atoms with van der Waals surface area (Å²) in [6.07, 6.45) is 1.03. The lowest BCUT2D eigenvalue weighted by molar-refractivity contribution is -0.157. The van der Waals surface area contributed by atoms with Crippen molar-refractivity contribution in [2.75, 3.05) is 13.2 Å². The zero-order valence-corrected chi connectivity index (χ0v) is 13.4. The second-order valence-electron chi connectivity index (χ2n) is 4.20. The third kappa shape index (κ3) is 5.07. The summed E-state index contributed by atoms with van der Waals surface area (Å²) in [6, 6.07) is 4.22. The van der Waals surface area contributed by atoms with Gasteiger partial charge in [-0.05, 0) is 26.0 Å². The SMILES string of the molecule is CCOC(=O)C(C=Nc1cccc(C(=O)O)c1Cl)C(=O)OCC. The maximum Gasteiger partial charge on any atom is 0.337 e. The lowest BCUT2D eigenvalue weighted by Gasteiger charge is -2.10. The minimum absolute atomic E-state index is 0.0947. The van der Waals surface area contributed by atoms with E-state index in [2.05, 4.69) is 4.99 Å². The Labute approximate surface area is 137 Å². The first kappa shape index (κ1) is 18.6. The first-order chi connectivity index (χ1) is 10.9. The van der Waals surface area contributed by atoms with Gasteiger partial charge in [0.15, 0.2) is 5.92 Å². The topological polar surface area (TPSA) is 102 Å². The van der Waals surface area contributed by atoms with E-state index in [9.17, 15) is 14.4 Å². The number of carbonyl (C=O) groups is 3. The first-order valence-electron chi connectivity index (χ1n) is 6.81. The number of esters is 2. The molecule has 0 aliphatic heterocycles. The molecule has 1 N–H and O–H groups in total. The van der Waals surface area contributed by atoms with E-state index >= 15 is 0 Å². The predicted octanol–water partition coefficient (Wildman–Crippen LogP) is 2.48. The highest BCUT2D eigenvalue weighted by atomic mass is 35.5. The van der Waals surface area contributed by atoms with Gasteiger partial charge in [-0.3, -0.25) is 14.6 Å². The lowest BCUT2D eigenvalue weighted by atomic mass is 10.1. The third-order valence-electron chi connectivity index (χ3n) is 2.65. The van der Waals surface area contributed by atoms with E-state index in [1.54, 1.807) is 13.8 Å². The quantitative estimate of drug-likeness (QED) is 0.464. The molecule has 0 aliphatic carbocycles. The van der Waals surface area contributed by atoms with Crippen LogP contribution >= 0.6 is 11.6 Å². The van der Waals surface area contributed by atoms with E-state index in [0.29, 0.717) is 0 Å². The van der Waals surface area contributed by atoms with Crippen LogP contribution < -0.4 is 0 Å². The zero-order valence-electron chi connectivity index (χ0n) is 12.6. The number of hydrogen-bond donors (Lipinski definition) is 1. The number of benzene rings is 1. The molecule has 7 nitrogen and oxygen atoms in total. The summed E-state index contributed by atoms with van der Waals surface area (Å²) in [6.45, 7) is 3.39. The van der Waals surface area contributed by atoms with E-state index in [1.807, 2.05) is 0 Å². The molecule has 0 saturated carbocycles. The number of halogens is 1. The fraction of sp³-hybridized carbons (Fsp3) is 0.333. The van der Waals surface area contributed by atoms with E-state index < -0.39 is 23.8 Å². The number of carboxylic acids is 1. The summed E-state index contributed by atoms with van der Waals surface area (Å²) in [5.41, 5.74) is -0.0182. The highest BCUT2D eigenvalue weighted by Crippen LogP contribution is 2.28. The Bertz CT molecular complexity index is 610. The Kier molecular flexibility index (Phi) is 7.21. The molecular weight excluding hydrogens is 326 g/mol. The van der Waals surface area contributed by atoms with Crippen LogP contribution in [-0.4, -0.2) is 42.4 Å². The van der Waals surface area contributed by atoms with Crippen LogP contribution in [0.3, 0.4) is 0 Å². The van der Waals surface area contributed by atoms with Crippen LogP contribution in [0.4, 0.5) is 5.69 Å². The number of aliphatic imine (C=N–C) groups is 1. The molecule has 0 bridgehead atoms. The van der Waals surface area contributed by atoms with Crippen molar-refractivity contribution < 1.29 is 29.0 Å². The normalized spacial score (nSPS) is 10.8. The van der Waals surface area contributed by atoms with Crippen molar-refractivity contribution in [3.8, 4) is 0 Å². The van der Waals surface area contributed by atoms with Crippen LogP contribution in [0.2, 0.25) is 5.02 Å². The molecule has 1 rings (SSSR count). The number of aromatic carboxylic acids is 1. The number of nitrogens with zero attached hydrogens (tertiary/aromatic N) is 1. The lowest BCUT2D eigenvalue weighted by Crippen LogP contribution is -2.29. The van der Waals surface area contributed by atoms with Gasteiger partial charge in [-0.15, -0.1) is 0 Å². The van der Waals surface area contributed by atoms with E-state index in [4.69, 9.17) is 26.2 Å². The zero-order chi connectivity index (χ0) is 17.4. The smallest absolute Gasteiger partial charge is 0.337 e.